The van der Waals surface area contributed by atoms with E-state index in [1.54, 1.807) is 0 Å². The third-order valence-corrected chi connectivity index (χ3v) is 0.400. The Labute approximate surface area is 62.6 Å². The van der Waals surface area contributed by atoms with Crippen LogP contribution in [-0.4, -0.2) is 16.9 Å². The third-order valence-electron chi connectivity index (χ3n) is 0.400. The quantitative estimate of drug-likeness (QED) is 0.579. The molecule has 0 amide bonds. The average Bonchev–Trinajstić information content (AvgIpc) is 1.27. The fourth-order valence-electron chi connectivity index (χ4n) is 0.213. The Balaban J connectivity index is 0. The predicted molar refractivity (Wildman–Crippen MR) is 22.9 cm³/mol. The molecule has 0 aromatic heterocycles. The molecule has 4 heteroatoms. The first-order valence-electron chi connectivity index (χ1n) is 1.84. The standard InChI is InChI=1S/C4H6O3.Au/c1-3(5)2-4(6)7;/h2H2,1H3,(H,6,7);. The van der Waals surface area contributed by atoms with Gasteiger partial charge in [0.1, 0.15) is 12.2 Å². The fraction of sp³-hybridized carbons (Fsp3) is 0.500. The van der Waals surface area contributed by atoms with Crippen molar-refractivity contribution in [2.24, 2.45) is 0 Å². The van der Waals surface area contributed by atoms with Gasteiger partial charge in [0.25, 0.3) is 0 Å². The van der Waals surface area contributed by atoms with E-state index in [4.69, 9.17) is 5.11 Å². The molecule has 1 radical (unpaired) electrons. The number of ketones is 1. The molecule has 0 spiro atoms. The smallest absolute Gasteiger partial charge is 0.310 e. The van der Waals surface area contributed by atoms with Gasteiger partial charge in [-0.2, -0.15) is 0 Å². The van der Waals surface area contributed by atoms with Crippen LogP contribution in [0.25, 0.3) is 0 Å². The van der Waals surface area contributed by atoms with Crippen molar-refractivity contribution in [2.45, 2.75) is 13.3 Å². The van der Waals surface area contributed by atoms with Gasteiger partial charge < -0.3 is 5.11 Å². The molecule has 8 heavy (non-hydrogen) atoms. The van der Waals surface area contributed by atoms with E-state index >= 15 is 0 Å². The summed E-state index contributed by atoms with van der Waals surface area (Å²) < 4.78 is 0. The Kier molecular flexibility index (Phi) is 6.78. The van der Waals surface area contributed by atoms with Gasteiger partial charge in [-0.3, -0.25) is 9.59 Å². The van der Waals surface area contributed by atoms with Crippen LogP contribution in [0.2, 0.25) is 0 Å². The summed E-state index contributed by atoms with van der Waals surface area (Å²) in [7, 11) is 0. The Hall–Kier alpha value is -0.120. The molecule has 0 aromatic rings. The van der Waals surface area contributed by atoms with Crippen molar-refractivity contribution in [1.29, 1.82) is 0 Å². The van der Waals surface area contributed by atoms with Crippen LogP contribution in [0.3, 0.4) is 0 Å². The van der Waals surface area contributed by atoms with Crippen molar-refractivity contribution in [1.82, 2.24) is 0 Å². The maximum atomic E-state index is 9.87. The maximum Gasteiger partial charge on any atom is 0.310 e. The second-order valence-electron chi connectivity index (χ2n) is 1.27. The molecule has 0 saturated carbocycles. The van der Waals surface area contributed by atoms with Gasteiger partial charge in [-0.05, 0) is 6.92 Å². The SMILES string of the molecule is CC(=O)CC(=O)O.[Au]. The number of Topliss-reactive ketones (excluding diaryl/α,β-unsaturated/α-hetero) is 1. The Morgan fingerprint density at radius 2 is 1.88 bits per heavy atom. The Bertz CT molecular complexity index is 87.5. The second kappa shape index (κ2) is 5.03. The van der Waals surface area contributed by atoms with E-state index in [0.717, 1.165) is 0 Å². The number of hydrogen-bond acceptors (Lipinski definition) is 2. The van der Waals surface area contributed by atoms with E-state index in [9.17, 15) is 9.59 Å². The summed E-state index contributed by atoms with van der Waals surface area (Å²) in [4.78, 5) is 19.5. The summed E-state index contributed by atoms with van der Waals surface area (Å²) in [5, 5.41) is 7.86. The van der Waals surface area contributed by atoms with Crippen molar-refractivity contribution >= 4 is 11.8 Å². The molecule has 51 valence electrons. The molecule has 0 aliphatic heterocycles. The molecule has 0 saturated heterocycles. The minimum Gasteiger partial charge on any atom is -0.481 e. The summed E-state index contributed by atoms with van der Waals surface area (Å²) in [5.74, 6) is -1.37. The van der Waals surface area contributed by atoms with Crippen LogP contribution in [-0.2, 0) is 32.0 Å². The van der Waals surface area contributed by atoms with E-state index in [1.165, 1.54) is 6.92 Å². The van der Waals surface area contributed by atoms with E-state index in [1.807, 2.05) is 0 Å². The molecule has 3 nitrogen and oxygen atoms in total. The van der Waals surface area contributed by atoms with Crippen LogP contribution in [0.15, 0.2) is 0 Å². The monoisotopic (exact) mass is 299 g/mol. The van der Waals surface area contributed by atoms with Gasteiger partial charge in [0.2, 0.25) is 0 Å². The van der Waals surface area contributed by atoms with Gasteiger partial charge in [-0.1, -0.05) is 0 Å². The second-order valence-corrected chi connectivity index (χ2v) is 1.27. The molecule has 0 atom stereocenters. The minimum atomic E-state index is -1.06. The molecule has 0 rings (SSSR count). The van der Waals surface area contributed by atoms with Gasteiger partial charge in [-0.15, -0.1) is 0 Å². The van der Waals surface area contributed by atoms with Crippen molar-refractivity contribution in [3.8, 4) is 0 Å². The summed E-state index contributed by atoms with van der Waals surface area (Å²) in [6.07, 6.45) is -0.361. The van der Waals surface area contributed by atoms with E-state index in [0.29, 0.717) is 0 Å². The molecule has 0 fully saturated rings. The first kappa shape index (κ1) is 10.8. The Morgan fingerprint density at radius 3 is 1.88 bits per heavy atom. The molecular weight excluding hydrogens is 293 g/mol. The van der Waals surface area contributed by atoms with E-state index in [-0.39, 0.29) is 34.6 Å². The van der Waals surface area contributed by atoms with Gasteiger partial charge in [0.15, 0.2) is 0 Å². The molecule has 0 aliphatic rings. The van der Waals surface area contributed by atoms with Crippen LogP contribution in [0.4, 0.5) is 0 Å². The van der Waals surface area contributed by atoms with Crippen LogP contribution >= 0.6 is 0 Å². The summed E-state index contributed by atoms with van der Waals surface area (Å²) >= 11 is 0. The topological polar surface area (TPSA) is 54.4 Å². The number of carboxylic acids is 1. The number of aliphatic carboxylic acids is 1. The largest absolute Gasteiger partial charge is 0.481 e. The van der Waals surface area contributed by atoms with Crippen LogP contribution in [0, 0.1) is 0 Å². The van der Waals surface area contributed by atoms with Gasteiger partial charge in [0, 0.05) is 22.4 Å². The van der Waals surface area contributed by atoms with Crippen LogP contribution in [0.5, 0.6) is 0 Å². The normalized spacial score (nSPS) is 7.12. The molecular formula is C4H6AuO3. The maximum absolute atomic E-state index is 9.87. The molecule has 0 aromatic carbocycles. The third kappa shape index (κ3) is 9.30. The van der Waals surface area contributed by atoms with Crippen molar-refractivity contribution in [3.63, 3.8) is 0 Å². The van der Waals surface area contributed by atoms with E-state index in [2.05, 4.69) is 0 Å². The average molecular weight is 299 g/mol. The minimum absolute atomic E-state index is 0. The number of hydrogen-bond donors (Lipinski definition) is 1. The predicted octanol–water partition coefficient (Wildman–Crippen LogP) is 0.0476. The number of rotatable bonds is 2. The fourth-order valence-corrected chi connectivity index (χ4v) is 0.213. The molecule has 0 aliphatic carbocycles. The van der Waals surface area contributed by atoms with E-state index < -0.39 is 5.97 Å². The first-order chi connectivity index (χ1) is 3.13. The zero-order valence-electron chi connectivity index (χ0n) is 4.27. The van der Waals surface area contributed by atoms with Gasteiger partial charge in [-0.25, -0.2) is 0 Å². The summed E-state index contributed by atoms with van der Waals surface area (Å²) in [6.45, 7) is 1.24. The number of carbonyl (C=O) groups is 2. The van der Waals surface area contributed by atoms with Crippen molar-refractivity contribution < 1.29 is 37.1 Å². The van der Waals surface area contributed by atoms with Crippen LogP contribution < -0.4 is 0 Å². The molecule has 1 N–H and O–H groups in total. The van der Waals surface area contributed by atoms with Crippen molar-refractivity contribution in [2.75, 3.05) is 0 Å². The Morgan fingerprint density at radius 1 is 1.50 bits per heavy atom. The molecule has 0 heterocycles. The summed E-state index contributed by atoms with van der Waals surface area (Å²) in [5.41, 5.74) is 0. The van der Waals surface area contributed by atoms with Gasteiger partial charge in [0.05, 0.1) is 0 Å². The number of carbonyl (C=O) groups excluding carboxylic acids is 1. The molecule has 0 unspecified atom stereocenters. The van der Waals surface area contributed by atoms with Crippen LogP contribution in [0.1, 0.15) is 13.3 Å². The first-order valence-corrected chi connectivity index (χ1v) is 1.84. The molecule has 0 bridgehead atoms. The zero-order chi connectivity index (χ0) is 5.86. The number of carboxylic acid groups (broad SMARTS) is 1. The van der Waals surface area contributed by atoms with Gasteiger partial charge >= 0.3 is 5.97 Å². The van der Waals surface area contributed by atoms with Crippen molar-refractivity contribution in [3.05, 3.63) is 0 Å². The zero-order valence-corrected chi connectivity index (χ0v) is 6.44. The summed E-state index contributed by atoms with van der Waals surface area (Å²) in [6, 6.07) is 0.